The molecule has 0 N–H and O–H groups in total. The van der Waals surface area contributed by atoms with E-state index in [1.807, 2.05) is 13.0 Å². The summed E-state index contributed by atoms with van der Waals surface area (Å²) in [4.78, 5) is 28.1. The maximum Gasteiger partial charge on any atom is 0.296 e. The lowest BCUT2D eigenvalue weighted by molar-refractivity contribution is 0.0969. The second-order valence-corrected chi connectivity index (χ2v) is 7.25. The first-order chi connectivity index (χ1) is 14.5. The number of halogens is 1. The van der Waals surface area contributed by atoms with Crippen LogP contribution in [0.15, 0.2) is 62.3 Å². The molecule has 0 saturated carbocycles. The number of aromatic nitrogens is 1. The van der Waals surface area contributed by atoms with Crippen LogP contribution in [0.1, 0.15) is 46.0 Å². The van der Waals surface area contributed by atoms with E-state index < -0.39 is 17.8 Å². The van der Waals surface area contributed by atoms with Gasteiger partial charge in [0, 0.05) is 11.6 Å². The fourth-order valence-electron chi connectivity index (χ4n) is 3.93. The summed E-state index contributed by atoms with van der Waals surface area (Å²) in [6.45, 7) is 3.67. The number of amides is 1. The standard InChI is InChI=1S/C23H17FN2O4/c1-3-13-8-9-17-15(11-13)21(27)19-20(14-6-4-5-7-16(14)24)26(23(28)22(19)29-17)18-10-12(2)30-25-18/h4-11,20H,3H2,1-2H3. The third kappa shape index (κ3) is 2.58. The van der Waals surface area contributed by atoms with E-state index in [-0.39, 0.29) is 28.1 Å². The number of aryl methyl sites for hydroxylation is 2. The lowest BCUT2D eigenvalue weighted by Crippen LogP contribution is -2.30. The zero-order valence-corrected chi connectivity index (χ0v) is 16.3. The summed E-state index contributed by atoms with van der Waals surface area (Å²) in [5.74, 6) is -0.529. The number of fused-ring (bicyclic) bond motifs is 2. The number of rotatable bonds is 3. The first kappa shape index (κ1) is 18.3. The highest BCUT2D eigenvalue weighted by atomic mass is 19.1. The van der Waals surface area contributed by atoms with Crippen molar-refractivity contribution in [2.75, 3.05) is 4.90 Å². The Morgan fingerprint density at radius 3 is 2.63 bits per heavy atom. The third-order valence-corrected chi connectivity index (χ3v) is 5.40. The van der Waals surface area contributed by atoms with Crippen LogP contribution in [0, 0.1) is 12.7 Å². The van der Waals surface area contributed by atoms with Crippen molar-refractivity contribution < 1.29 is 18.1 Å². The highest BCUT2D eigenvalue weighted by Crippen LogP contribution is 2.41. The van der Waals surface area contributed by atoms with Gasteiger partial charge in [0.25, 0.3) is 5.91 Å². The predicted molar refractivity (Wildman–Crippen MR) is 108 cm³/mol. The fourth-order valence-corrected chi connectivity index (χ4v) is 3.93. The number of carbonyl (C=O) groups excluding carboxylic acids is 1. The van der Waals surface area contributed by atoms with Crippen molar-refractivity contribution >= 4 is 22.7 Å². The molecule has 30 heavy (non-hydrogen) atoms. The molecule has 1 amide bonds. The molecule has 1 atom stereocenters. The Labute approximate surface area is 170 Å². The van der Waals surface area contributed by atoms with Crippen LogP contribution >= 0.6 is 0 Å². The van der Waals surface area contributed by atoms with Gasteiger partial charge in [-0.1, -0.05) is 36.3 Å². The first-order valence-electron chi connectivity index (χ1n) is 9.60. The summed E-state index contributed by atoms with van der Waals surface area (Å²) in [6.07, 6.45) is 0.743. The van der Waals surface area contributed by atoms with Crippen LogP contribution in [0.25, 0.3) is 11.0 Å². The van der Waals surface area contributed by atoms with Crippen LogP contribution in [0.3, 0.4) is 0 Å². The minimum atomic E-state index is -1.01. The van der Waals surface area contributed by atoms with E-state index in [1.54, 1.807) is 43.3 Å². The molecular formula is C23H17FN2O4. The Balaban J connectivity index is 1.84. The molecule has 0 spiro atoms. The van der Waals surface area contributed by atoms with Gasteiger partial charge in [0.1, 0.15) is 17.2 Å². The van der Waals surface area contributed by atoms with E-state index in [4.69, 9.17) is 8.94 Å². The zero-order valence-electron chi connectivity index (χ0n) is 16.3. The summed E-state index contributed by atoms with van der Waals surface area (Å²) in [6, 6.07) is 11.9. The predicted octanol–water partition coefficient (Wildman–Crippen LogP) is 4.54. The second-order valence-electron chi connectivity index (χ2n) is 7.25. The second kappa shape index (κ2) is 6.66. The minimum absolute atomic E-state index is 0.103. The Kier molecular flexibility index (Phi) is 4.06. The van der Waals surface area contributed by atoms with E-state index in [0.717, 1.165) is 12.0 Å². The van der Waals surface area contributed by atoms with Gasteiger partial charge in [-0.3, -0.25) is 14.5 Å². The third-order valence-electron chi connectivity index (χ3n) is 5.40. The summed E-state index contributed by atoms with van der Waals surface area (Å²) >= 11 is 0. The number of hydrogen-bond acceptors (Lipinski definition) is 5. The van der Waals surface area contributed by atoms with Gasteiger partial charge in [0.15, 0.2) is 11.2 Å². The number of hydrogen-bond donors (Lipinski definition) is 0. The van der Waals surface area contributed by atoms with E-state index in [1.165, 1.54) is 11.0 Å². The van der Waals surface area contributed by atoms with Crippen molar-refractivity contribution in [1.29, 1.82) is 0 Å². The molecule has 0 aliphatic carbocycles. The van der Waals surface area contributed by atoms with Crippen molar-refractivity contribution in [3.63, 3.8) is 0 Å². The lowest BCUT2D eigenvalue weighted by Gasteiger charge is -2.22. The zero-order chi connectivity index (χ0) is 21.0. The quantitative estimate of drug-likeness (QED) is 0.501. The number of carbonyl (C=O) groups is 1. The number of anilines is 1. The van der Waals surface area contributed by atoms with Crippen molar-refractivity contribution in [3.8, 4) is 0 Å². The maximum absolute atomic E-state index is 14.8. The van der Waals surface area contributed by atoms with Crippen LogP contribution < -0.4 is 10.3 Å². The van der Waals surface area contributed by atoms with Crippen molar-refractivity contribution in [2.24, 2.45) is 0 Å². The molecule has 7 heteroatoms. The number of nitrogens with zero attached hydrogens (tertiary/aromatic N) is 2. The molecule has 150 valence electrons. The largest absolute Gasteiger partial charge is 0.450 e. The van der Waals surface area contributed by atoms with Crippen LogP contribution in [0.4, 0.5) is 10.2 Å². The Hall–Kier alpha value is -3.74. The molecule has 1 aliphatic heterocycles. The SMILES string of the molecule is CCc1ccc2oc3c(c(=O)c2c1)C(c1ccccc1F)N(c1cc(C)on1)C3=O. The number of benzene rings is 2. The molecule has 0 saturated heterocycles. The van der Waals surface area contributed by atoms with Crippen molar-refractivity contribution in [1.82, 2.24) is 5.16 Å². The molecule has 3 heterocycles. The molecular weight excluding hydrogens is 387 g/mol. The van der Waals surface area contributed by atoms with Crippen LogP contribution in [0.5, 0.6) is 0 Å². The van der Waals surface area contributed by atoms with Gasteiger partial charge >= 0.3 is 0 Å². The molecule has 4 aromatic rings. The Morgan fingerprint density at radius 1 is 1.13 bits per heavy atom. The molecule has 5 rings (SSSR count). The van der Waals surface area contributed by atoms with Gasteiger partial charge in [0.2, 0.25) is 5.76 Å². The highest BCUT2D eigenvalue weighted by molar-refractivity contribution is 6.10. The smallest absolute Gasteiger partial charge is 0.296 e. The van der Waals surface area contributed by atoms with Crippen LogP contribution in [0.2, 0.25) is 0 Å². The fraction of sp³-hybridized carbons (Fsp3) is 0.174. The summed E-state index contributed by atoms with van der Waals surface area (Å²) in [5.41, 5.74) is 1.21. The summed E-state index contributed by atoms with van der Waals surface area (Å²) < 4.78 is 25.8. The topological polar surface area (TPSA) is 76.6 Å². The van der Waals surface area contributed by atoms with Gasteiger partial charge in [0.05, 0.1) is 17.0 Å². The molecule has 0 radical (unpaired) electrons. The van der Waals surface area contributed by atoms with Crippen LogP contribution in [-0.2, 0) is 6.42 Å². The molecule has 0 bridgehead atoms. The average Bonchev–Trinajstić information content (AvgIpc) is 3.29. The Morgan fingerprint density at radius 2 is 1.93 bits per heavy atom. The molecule has 6 nitrogen and oxygen atoms in total. The monoisotopic (exact) mass is 404 g/mol. The van der Waals surface area contributed by atoms with Gasteiger partial charge in [-0.15, -0.1) is 0 Å². The Bertz CT molecular complexity index is 1370. The van der Waals surface area contributed by atoms with Crippen LogP contribution in [-0.4, -0.2) is 11.1 Å². The maximum atomic E-state index is 14.8. The molecule has 1 aliphatic rings. The van der Waals surface area contributed by atoms with E-state index in [0.29, 0.717) is 16.7 Å². The lowest BCUT2D eigenvalue weighted by atomic mass is 9.97. The minimum Gasteiger partial charge on any atom is -0.450 e. The van der Waals surface area contributed by atoms with Gasteiger partial charge in [-0.05, 0) is 37.1 Å². The van der Waals surface area contributed by atoms with Gasteiger partial charge < -0.3 is 8.94 Å². The molecule has 2 aromatic carbocycles. The summed E-state index contributed by atoms with van der Waals surface area (Å²) in [7, 11) is 0. The molecule has 0 fully saturated rings. The van der Waals surface area contributed by atoms with Crippen molar-refractivity contribution in [2.45, 2.75) is 26.3 Å². The van der Waals surface area contributed by atoms with E-state index >= 15 is 0 Å². The highest BCUT2D eigenvalue weighted by Gasteiger charge is 2.45. The average molecular weight is 404 g/mol. The normalized spacial score (nSPS) is 15.8. The van der Waals surface area contributed by atoms with E-state index in [2.05, 4.69) is 5.16 Å². The molecule has 1 unspecified atom stereocenters. The molecule has 2 aromatic heterocycles. The van der Waals surface area contributed by atoms with Gasteiger partial charge in [-0.25, -0.2) is 4.39 Å². The van der Waals surface area contributed by atoms with Crippen molar-refractivity contribution in [3.05, 3.63) is 92.8 Å². The van der Waals surface area contributed by atoms with Gasteiger partial charge in [-0.2, -0.15) is 0 Å². The summed E-state index contributed by atoms with van der Waals surface area (Å²) in [5, 5.41) is 4.29. The first-order valence-corrected chi connectivity index (χ1v) is 9.60. The van der Waals surface area contributed by atoms with E-state index in [9.17, 15) is 14.0 Å².